The van der Waals surface area contributed by atoms with Gasteiger partial charge < -0.3 is 14.8 Å². The summed E-state index contributed by atoms with van der Waals surface area (Å²) < 4.78 is 10.2. The number of esters is 1. The van der Waals surface area contributed by atoms with Crippen molar-refractivity contribution in [2.75, 3.05) is 12.9 Å². The summed E-state index contributed by atoms with van der Waals surface area (Å²) in [5, 5.41) is 14.0. The Bertz CT molecular complexity index is 904. The zero-order chi connectivity index (χ0) is 22.8. The zero-order valence-corrected chi connectivity index (χ0v) is 18.5. The molecule has 9 heteroatoms. The molecule has 0 saturated carbocycles. The van der Waals surface area contributed by atoms with Crippen molar-refractivity contribution in [2.24, 2.45) is 0 Å². The average molecular weight is 447 g/mol. The maximum absolute atomic E-state index is 12.5. The Morgan fingerprint density at radius 1 is 1.16 bits per heavy atom. The molecule has 2 aromatic rings. The Balaban J connectivity index is 1.96. The van der Waals surface area contributed by atoms with Gasteiger partial charge in [0.2, 0.25) is 5.91 Å². The summed E-state index contributed by atoms with van der Waals surface area (Å²) in [5.41, 5.74) is 1.41. The molecule has 1 atom stereocenters. The minimum Gasteiger partial charge on any atom is -0.490 e. The molecule has 0 radical (unpaired) electrons. The van der Waals surface area contributed by atoms with Crippen molar-refractivity contribution >= 4 is 29.3 Å². The molecule has 1 amide bonds. The van der Waals surface area contributed by atoms with Crippen molar-refractivity contribution in [3.05, 3.63) is 69.8 Å². The van der Waals surface area contributed by atoms with Gasteiger partial charge in [0.05, 0.1) is 36.4 Å². The third kappa shape index (κ3) is 7.93. The number of amides is 1. The highest BCUT2D eigenvalue weighted by molar-refractivity contribution is 7.99. The van der Waals surface area contributed by atoms with Crippen LogP contribution in [-0.4, -0.2) is 35.8 Å². The van der Waals surface area contributed by atoms with Crippen LogP contribution in [0.1, 0.15) is 37.4 Å². The predicted octanol–water partition coefficient (Wildman–Crippen LogP) is 4.04. The summed E-state index contributed by atoms with van der Waals surface area (Å²) in [7, 11) is 1.38. The lowest BCUT2D eigenvalue weighted by Crippen LogP contribution is -2.32. The Labute approximate surface area is 185 Å². The smallest absolute Gasteiger partial charge is 0.311 e. The number of nitrogens with one attached hydrogen (secondary N) is 1. The van der Waals surface area contributed by atoms with Crippen LogP contribution in [0.3, 0.4) is 0 Å². The van der Waals surface area contributed by atoms with E-state index in [2.05, 4.69) is 5.32 Å². The van der Waals surface area contributed by atoms with Crippen molar-refractivity contribution in [2.45, 2.75) is 38.2 Å². The van der Waals surface area contributed by atoms with E-state index in [1.165, 1.54) is 24.9 Å². The normalized spacial score (nSPS) is 11.6. The van der Waals surface area contributed by atoms with Crippen LogP contribution in [0.5, 0.6) is 5.75 Å². The molecule has 0 aromatic heterocycles. The summed E-state index contributed by atoms with van der Waals surface area (Å²) in [6.07, 6.45) is -0.202. The van der Waals surface area contributed by atoms with E-state index < -0.39 is 11.0 Å². The molecule has 0 heterocycles. The van der Waals surface area contributed by atoms with Crippen LogP contribution >= 0.6 is 11.8 Å². The van der Waals surface area contributed by atoms with Gasteiger partial charge in [0.25, 0.3) is 0 Å². The molecule has 166 valence electrons. The van der Waals surface area contributed by atoms with E-state index >= 15 is 0 Å². The third-order valence-corrected chi connectivity index (χ3v) is 5.22. The lowest BCUT2D eigenvalue weighted by Gasteiger charge is -2.19. The largest absolute Gasteiger partial charge is 0.490 e. The SMILES string of the molecule is COc1ccc(CSCC(=O)NC(CC(=O)OC(C)C)c2ccccc2)cc1[N+](=O)[O-]. The van der Waals surface area contributed by atoms with E-state index in [1.807, 2.05) is 30.3 Å². The Morgan fingerprint density at radius 3 is 2.48 bits per heavy atom. The van der Waals surface area contributed by atoms with Gasteiger partial charge in [0.1, 0.15) is 0 Å². The number of nitro groups is 1. The van der Waals surface area contributed by atoms with E-state index in [0.717, 1.165) is 5.56 Å². The fourth-order valence-corrected chi connectivity index (χ4v) is 3.67. The number of benzene rings is 2. The highest BCUT2D eigenvalue weighted by Gasteiger charge is 2.20. The van der Waals surface area contributed by atoms with Crippen molar-refractivity contribution in [1.82, 2.24) is 5.32 Å². The number of methoxy groups -OCH3 is 1. The van der Waals surface area contributed by atoms with Gasteiger partial charge in [0.15, 0.2) is 5.75 Å². The monoisotopic (exact) mass is 446 g/mol. The zero-order valence-electron chi connectivity index (χ0n) is 17.7. The van der Waals surface area contributed by atoms with Crippen LogP contribution in [0.25, 0.3) is 0 Å². The first kappa shape index (κ1) is 24.2. The Hall–Kier alpha value is -3.07. The third-order valence-electron chi connectivity index (χ3n) is 4.22. The second kappa shape index (κ2) is 11.9. The van der Waals surface area contributed by atoms with Crippen LogP contribution in [0.15, 0.2) is 48.5 Å². The van der Waals surface area contributed by atoms with Crippen molar-refractivity contribution in [3.8, 4) is 5.75 Å². The lowest BCUT2D eigenvalue weighted by molar-refractivity contribution is -0.385. The minimum atomic E-state index is -0.500. The molecule has 0 aliphatic heterocycles. The lowest BCUT2D eigenvalue weighted by atomic mass is 10.0. The van der Waals surface area contributed by atoms with E-state index in [4.69, 9.17) is 9.47 Å². The van der Waals surface area contributed by atoms with Crippen LogP contribution < -0.4 is 10.1 Å². The van der Waals surface area contributed by atoms with Gasteiger partial charge in [-0.15, -0.1) is 11.8 Å². The van der Waals surface area contributed by atoms with Crippen molar-refractivity contribution in [3.63, 3.8) is 0 Å². The summed E-state index contributed by atoms with van der Waals surface area (Å²) in [4.78, 5) is 35.2. The molecule has 8 nitrogen and oxygen atoms in total. The number of carbonyl (C=O) groups excluding carboxylic acids is 2. The van der Waals surface area contributed by atoms with Gasteiger partial charge in [0, 0.05) is 11.8 Å². The van der Waals surface area contributed by atoms with Gasteiger partial charge in [-0.3, -0.25) is 19.7 Å². The number of carbonyl (C=O) groups is 2. The van der Waals surface area contributed by atoms with E-state index in [0.29, 0.717) is 11.3 Å². The number of nitrogens with zero attached hydrogens (tertiary/aromatic N) is 1. The maximum atomic E-state index is 12.5. The molecule has 0 aliphatic carbocycles. The fraction of sp³-hybridized carbons (Fsp3) is 0.364. The standard InChI is InChI=1S/C22H26N2O6S/c1-15(2)30-22(26)12-18(17-7-5-4-6-8-17)23-21(25)14-31-13-16-9-10-20(29-3)19(11-16)24(27)28/h4-11,15,18H,12-14H2,1-3H3,(H,23,25). The molecule has 0 bridgehead atoms. The van der Waals surface area contributed by atoms with Crippen LogP contribution in [-0.2, 0) is 20.1 Å². The molecule has 31 heavy (non-hydrogen) atoms. The van der Waals surface area contributed by atoms with Gasteiger partial charge in [-0.1, -0.05) is 36.4 Å². The molecule has 0 spiro atoms. The first-order valence-electron chi connectivity index (χ1n) is 9.73. The second-order valence-corrected chi connectivity index (χ2v) is 8.02. The van der Waals surface area contributed by atoms with Gasteiger partial charge >= 0.3 is 11.7 Å². The number of thioether (sulfide) groups is 1. The number of nitro benzene ring substituents is 1. The average Bonchev–Trinajstić information content (AvgIpc) is 2.73. The predicted molar refractivity (Wildman–Crippen MR) is 119 cm³/mol. The molecule has 0 fully saturated rings. The van der Waals surface area contributed by atoms with Crippen molar-refractivity contribution < 1.29 is 24.0 Å². The molecule has 0 aliphatic rings. The van der Waals surface area contributed by atoms with Crippen LogP contribution in [0, 0.1) is 10.1 Å². The number of rotatable bonds is 11. The second-order valence-electron chi connectivity index (χ2n) is 7.03. The number of ether oxygens (including phenoxy) is 2. The first-order valence-corrected chi connectivity index (χ1v) is 10.9. The fourth-order valence-electron chi connectivity index (χ4n) is 2.88. The molecular formula is C22H26N2O6S. The van der Waals surface area contributed by atoms with E-state index in [9.17, 15) is 19.7 Å². The minimum absolute atomic E-state index is 0.0310. The van der Waals surface area contributed by atoms with Gasteiger partial charge in [-0.25, -0.2) is 0 Å². The molecule has 2 aromatic carbocycles. The topological polar surface area (TPSA) is 108 Å². The number of hydrogen-bond acceptors (Lipinski definition) is 7. The van der Waals surface area contributed by atoms with Crippen LogP contribution in [0.2, 0.25) is 0 Å². The maximum Gasteiger partial charge on any atom is 0.311 e. The summed E-state index contributed by atoms with van der Waals surface area (Å²) in [6, 6.07) is 13.4. The van der Waals surface area contributed by atoms with Crippen LogP contribution in [0.4, 0.5) is 5.69 Å². The Morgan fingerprint density at radius 2 is 1.87 bits per heavy atom. The molecule has 2 rings (SSSR count). The molecular weight excluding hydrogens is 420 g/mol. The van der Waals surface area contributed by atoms with Gasteiger partial charge in [-0.2, -0.15) is 0 Å². The quantitative estimate of drug-likeness (QED) is 0.315. The van der Waals surface area contributed by atoms with Crippen molar-refractivity contribution in [1.29, 1.82) is 0 Å². The summed E-state index contributed by atoms with van der Waals surface area (Å²) >= 11 is 1.32. The first-order chi connectivity index (χ1) is 14.8. The van der Waals surface area contributed by atoms with Gasteiger partial charge in [-0.05, 0) is 31.0 Å². The van der Waals surface area contributed by atoms with E-state index in [1.54, 1.807) is 26.0 Å². The highest BCUT2D eigenvalue weighted by Crippen LogP contribution is 2.29. The molecule has 0 saturated heterocycles. The van der Waals surface area contributed by atoms with E-state index in [-0.39, 0.29) is 41.6 Å². The summed E-state index contributed by atoms with van der Waals surface area (Å²) in [6.45, 7) is 3.54. The molecule has 1 N–H and O–H groups in total. The Kier molecular flexibility index (Phi) is 9.33. The summed E-state index contributed by atoms with van der Waals surface area (Å²) in [5.74, 6) is 0.128. The number of hydrogen-bond donors (Lipinski definition) is 1. The highest BCUT2D eigenvalue weighted by atomic mass is 32.2. The molecule has 1 unspecified atom stereocenters.